The maximum atomic E-state index is 11.8. The Kier molecular flexibility index (Phi) is 5.24. The lowest BCUT2D eigenvalue weighted by molar-refractivity contribution is 0.529. The van der Waals surface area contributed by atoms with Crippen LogP contribution in [0.25, 0.3) is 0 Å². The van der Waals surface area contributed by atoms with Gasteiger partial charge >= 0.3 is 0 Å². The van der Waals surface area contributed by atoms with E-state index < -0.39 is 0 Å². The van der Waals surface area contributed by atoms with Gasteiger partial charge < -0.3 is 9.88 Å². The van der Waals surface area contributed by atoms with E-state index in [1.54, 1.807) is 17.7 Å². The first-order valence-electron chi connectivity index (χ1n) is 8.20. The molecule has 0 bridgehead atoms. The van der Waals surface area contributed by atoms with Crippen molar-refractivity contribution in [3.63, 3.8) is 0 Å². The van der Waals surface area contributed by atoms with Crippen LogP contribution in [-0.4, -0.2) is 4.57 Å². The zero-order valence-electron chi connectivity index (χ0n) is 13.9. The van der Waals surface area contributed by atoms with Gasteiger partial charge in [0.1, 0.15) is 0 Å². The van der Waals surface area contributed by atoms with Crippen LogP contribution in [-0.2, 0) is 20.0 Å². The summed E-state index contributed by atoms with van der Waals surface area (Å²) in [5.74, 6) is 0. The van der Waals surface area contributed by atoms with Crippen molar-refractivity contribution in [1.82, 2.24) is 9.88 Å². The minimum atomic E-state index is 0.0219. The fourth-order valence-electron chi connectivity index (χ4n) is 2.78. The lowest BCUT2D eigenvalue weighted by Gasteiger charge is -2.20. The molecule has 1 heterocycles. The summed E-state index contributed by atoms with van der Waals surface area (Å²) < 4.78 is 1.59. The first kappa shape index (κ1) is 16.2. The largest absolute Gasteiger partial charge is 0.319 e. The summed E-state index contributed by atoms with van der Waals surface area (Å²) in [6.45, 7) is 0.669. The second-order valence-electron chi connectivity index (χ2n) is 6.02. The van der Waals surface area contributed by atoms with Crippen molar-refractivity contribution in [1.29, 1.82) is 0 Å². The Hall–Kier alpha value is -2.65. The average Bonchev–Trinajstić information content (AvgIpc) is 2.63. The average molecular weight is 318 g/mol. The number of pyridine rings is 1. The fourth-order valence-corrected chi connectivity index (χ4v) is 2.78. The van der Waals surface area contributed by atoms with Crippen molar-refractivity contribution < 1.29 is 0 Å². The minimum absolute atomic E-state index is 0.0219. The molecule has 3 heteroatoms. The SMILES string of the molecule is Cn1ccc(CN[C@H](Cc2ccccc2)c2ccccc2)cc1=O. The summed E-state index contributed by atoms with van der Waals surface area (Å²) in [4.78, 5) is 11.8. The predicted molar refractivity (Wildman–Crippen MR) is 97.9 cm³/mol. The van der Waals surface area contributed by atoms with E-state index >= 15 is 0 Å². The van der Waals surface area contributed by atoms with Gasteiger partial charge in [-0.25, -0.2) is 0 Å². The molecule has 0 amide bonds. The van der Waals surface area contributed by atoms with Gasteiger partial charge in [-0.3, -0.25) is 4.79 Å². The lowest BCUT2D eigenvalue weighted by Crippen LogP contribution is -2.24. The molecule has 0 unspecified atom stereocenters. The number of hydrogen-bond donors (Lipinski definition) is 1. The van der Waals surface area contributed by atoms with Crippen molar-refractivity contribution in [2.75, 3.05) is 0 Å². The number of hydrogen-bond acceptors (Lipinski definition) is 2. The van der Waals surface area contributed by atoms with Gasteiger partial charge in [0.05, 0.1) is 0 Å². The van der Waals surface area contributed by atoms with E-state index in [2.05, 4.69) is 53.8 Å². The van der Waals surface area contributed by atoms with Crippen LogP contribution in [0, 0.1) is 0 Å². The first-order chi connectivity index (χ1) is 11.7. The highest BCUT2D eigenvalue weighted by Crippen LogP contribution is 2.19. The molecule has 1 atom stereocenters. The normalized spacial score (nSPS) is 12.0. The third-order valence-corrected chi connectivity index (χ3v) is 4.21. The molecule has 0 spiro atoms. The Morgan fingerprint density at radius 3 is 2.25 bits per heavy atom. The van der Waals surface area contributed by atoms with Gasteiger partial charge in [0, 0.05) is 31.9 Å². The van der Waals surface area contributed by atoms with Gasteiger partial charge in [0.2, 0.25) is 0 Å². The van der Waals surface area contributed by atoms with Gasteiger partial charge in [0.15, 0.2) is 0 Å². The summed E-state index contributed by atoms with van der Waals surface area (Å²) >= 11 is 0. The Bertz CT molecular complexity index is 825. The summed E-state index contributed by atoms with van der Waals surface area (Å²) in [5.41, 5.74) is 3.58. The summed E-state index contributed by atoms with van der Waals surface area (Å²) in [6, 6.07) is 24.8. The van der Waals surface area contributed by atoms with Gasteiger partial charge in [0.25, 0.3) is 5.56 Å². The van der Waals surface area contributed by atoms with E-state index in [0.717, 1.165) is 12.0 Å². The molecule has 0 saturated carbocycles. The molecule has 0 aliphatic heterocycles. The molecule has 122 valence electrons. The van der Waals surface area contributed by atoms with Crippen LogP contribution in [0.3, 0.4) is 0 Å². The van der Waals surface area contributed by atoms with Gasteiger partial charge in [-0.15, -0.1) is 0 Å². The zero-order valence-corrected chi connectivity index (χ0v) is 13.9. The Balaban J connectivity index is 1.77. The van der Waals surface area contributed by atoms with Crippen LogP contribution < -0.4 is 10.9 Å². The topological polar surface area (TPSA) is 34.0 Å². The van der Waals surface area contributed by atoms with E-state index in [9.17, 15) is 4.79 Å². The van der Waals surface area contributed by atoms with Crippen LogP contribution in [0.1, 0.15) is 22.7 Å². The molecule has 3 rings (SSSR count). The van der Waals surface area contributed by atoms with E-state index in [4.69, 9.17) is 0 Å². The molecule has 0 aliphatic rings. The van der Waals surface area contributed by atoms with E-state index in [1.807, 2.05) is 24.4 Å². The number of benzene rings is 2. The molecule has 0 radical (unpaired) electrons. The highest BCUT2D eigenvalue weighted by atomic mass is 16.1. The van der Waals surface area contributed by atoms with Crippen LogP contribution in [0.4, 0.5) is 0 Å². The van der Waals surface area contributed by atoms with Crippen molar-refractivity contribution in [3.8, 4) is 0 Å². The second-order valence-corrected chi connectivity index (χ2v) is 6.02. The second kappa shape index (κ2) is 7.75. The quantitative estimate of drug-likeness (QED) is 0.755. The van der Waals surface area contributed by atoms with Crippen molar-refractivity contribution >= 4 is 0 Å². The summed E-state index contributed by atoms with van der Waals surface area (Å²) in [7, 11) is 1.77. The van der Waals surface area contributed by atoms with E-state index in [-0.39, 0.29) is 11.6 Å². The molecular weight excluding hydrogens is 296 g/mol. The fraction of sp³-hybridized carbons (Fsp3) is 0.190. The number of aromatic nitrogens is 1. The van der Waals surface area contributed by atoms with E-state index in [1.165, 1.54) is 11.1 Å². The number of nitrogens with zero attached hydrogens (tertiary/aromatic N) is 1. The molecule has 3 nitrogen and oxygen atoms in total. The molecule has 0 saturated heterocycles. The van der Waals surface area contributed by atoms with Gasteiger partial charge in [-0.2, -0.15) is 0 Å². The molecule has 3 aromatic rings. The molecule has 2 aromatic carbocycles. The van der Waals surface area contributed by atoms with Crippen molar-refractivity contribution in [2.24, 2.45) is 7.05 Å². The molecular formula is C21H22N2O. The van der Waals surface area contributed by atoms with E-state index in [0.29, 0.717) is 6.54 Å². The Morgan fingerprint density at radius 1 is 0.917 bits per heavy atom. The summed E-state index contributed by atoms with van der Waals surface area (Å²) in [6.07, 6.45) is 2.73. The third kappa shape index (κ3) is 4.21. The molecule has 0 aliphatic carbocycles. The molecule has 1 N–H and O–H groups in total. The van der Waals surface area contributed by atoms with Crippen molar-refractivity contribution in [3.05, 3.63) is 106 Å². The lowest BCUT2D eigenvalue weighted by atomic mass is 9.98. The summed E-state index contributed by atoms with van der Waals surface area (Å²) in [5, 5.41) is 3.60. The standard InChI is InChI=1S/C21H22N2O/c1-23-13-12-18(15-21(23)24)16-22-20(19-10-6-3-7-11-19)14-17-8-4-2-5-9-17/h2-13,15,20,22H,14,16H2,1H3/t20-/m1/s1. The Morgan fingerprint density at radius 2 is 1.58 bits per heavy atom. The monoisotopic (exact) mass is 318 g/mol. The van der Waals surface area contributed by atoms with Crippen LogP contribution in [0.5, 0.6) is 0 Å². The zero-order chi connectivity index (χ0) is 16.8. The Labute approximate surface area is 142 Å². The smallest absolute Gasteiger partial charge is 0.250 e. The number of rotatable bonds is 6. The van der Waals surface area contributed by atoms with Crippen LogP contribution in [0.2, 0.25) is 0 Å². The highest BCUT2D eigenvalue weighted by molar-refractivity contribution is 5.24. The maximum Gasteiger partial charge on any atom is 0.250 e. The maximum absolute atomic E-state index is 11.8. The molecule has 24 heavy (non-hydrogen) atoms. The molecule has 1 aromatic heterocycles. The number of aryl methyl sites for hydroxylation is 1. The molecule has 0 fully saturated rings. The van der Waals surface area contributed by atoms with Crippen LogP contribution >= 0.6 is 0 Å². The van der Waals surface area contributed by atoms with Crippen LogP contribution in [0.15, 0.2) is 83.8 Å². The third-order valence-electron chi connectivity index (χ3n) is 4.21. The number of nitrogens with one attached hydrogen (secondary N) is 1. The van der Waals surface area contributed by atoms with Gasteiger partial charge in [-0.1, -0.05) is 60.7 Å². The minimum Gasteiger partial charge on any atom is -0.319 e. The van der Waals surface area contributed by atoms with Gasteiger partial charge in [-0.05, 0) is 29.2 Å². The first-order valence-corrected chi connectivity index (χ1v) is 8.20. The highest BCUT2D eigenvalue weighted by Gasteiger charge is 2.11. The van der Waals surface area contributed by atoms with Crippen molar-refractivity contribution in [2.45, 2.75) is 19.0 Å². The predicted octanol–water partition coefficient (Wildman–Crippen LogP) is 3.46.